The molecule has 0 fully saturated rings. The SMILES string of the molecule is C1=C[C@@H](N=C(NN[C@H]2C=CCCC2)c2ccccc2)CCC1. The Kier molecular flexibility index (Phi) is 5.43. The van der Waals surface area contributed by atoms with Crippen molar-refractivity contribution in [3.05, 3.63) is 60.2 Å². The topological polar surface area (TPSA) is 36.4 Å². The molecular formula is C19H25N3. The maximum atomic E-state index is 4.92. The standard InChI is InChI=1S/C19H25N3/c1-4-10-16(11-5-1)19(20-17-12-6-2-7-13-17)22-21-18-14-8-3-9-15-18/h1,4-6,8,10-12,14,17-18,21H,2-3,7,9,13,15H2,(H,20,22)/t17-,18+/m1/s1. The van der Waals surface area contributed by atoms with Crippen molar-refractivity contribution in [3.8, 4) is 0 Å². The second kappa shape index (κ2) is 7.95. The van der Waals surface area contributed by atoms with Crippen LogP contribution in [-0.2, 0) is 0 Å². The zero-order chi connectivity index (χ0) is 15.0. The van der Waals surface area contributed by atoms with Crippen molar-refractivity contribution in [1.82, 2.24) is 10.9 Å². The lowest BCUT2D eigenvalue weighted by molar-refractivity contribution is 0.500. The monoisotopic (exact) mass is 295 g/mol. The lowest BCUT2D eigenvalue weighted by atomic mass is 10.0. The highest BCUT2D eigenvalue weighted by atomic mass is 15.4. The van der Waals surface area contributed by atoms with E-state index in [2.05, 4.69) is 59.4 Å². The summed E-state index contributed by atoms with van der Waals surface area (Å²) in [6.07, 6.45) is 16.2. The largest absolute Gasteiger partial charge is 0.305 e. The van der Waals surface area contributed by atoms with Crippen LogP contribution in [0.5, 0.6) is 0 Å². The van der Waals surface area contributed by atoms with Crippen LogP contribution in [0, 0.1) is 0 Å². The molecule has 0 unspecified atom stereocenters. The van der Waals surface area contributed by atoms with Crippen LogP contribution < -0.4 is 10.9 Å². The number of hydrazine groups is 1. The van der Waals surface area contributed by atoms with Crippen LogP contribution in [0.1, 0.15) is 44.1 Å². The molecule has 2 atom stereocenters. The molecule has 0 saturated heterocycles. The van der Waals surface area contributed by atoms with Gasteiger partial charge < -0.3 is 5.43 Å². The van der Waals surface area contributed by atoms with Gasteiger partial charge in [-0.15, -0.1) is 0 Å². The first-order valence-electron chi connectivity index (χ1n) is 8.40. The van der Waals surface area contributed by atoms with E-state index >= 15 is 0 Å². The lowest BCUT2D eigenvalue weighted by Gasteiger charge is -2.21. The van der Waals surface area contributed by atoms with Gasteiger partial charge in [0.05, 0.1) is 6.04 Å². The third-order valence-electron chi connectivity index (χ3n) is 4.20. The van der Waals surface area contributed by atoms with E-state index in [1.807, 2.05) is 6.07 Å². The Bertz CT molecular complexity index is 545. The average molecular weight is 295 g/mol. The Morgan fingerprint density at radius 3 is 2.41 bits per heavy atom. The second-order valence-corrected chi connectivity index (χ2v) is 6.01. The van der Waals surface area contributed by atoms with Crippen molar-refractivity contribution in [2.24, 2.45) is 4.99 Å². The first kappa shape index (κ1) is 15.0. The van der Waals surface area contributed by atoms with Crippen molar-refractivity contribution >= 4 is 5.84 Å². The van der Waals surface area contributed by atoms with Gasteiger partial charge >= 0.3 is 0 Å². The minimum atomic E-state index is 0.292. The molecule has 0 aromatic heterocycles. The van der Waals surface area contributed by atoms with Crippen molar-refractivity contribution in [2.75, 3.05) is 0 Å². The smallest absolute Gasteiger partial charge is 0.143 e. The summed E-state index contributed by atoms with van der Waals surface area (Å²) in [6.45, 7) is 0. The zero-order valence-electron chi connectivity index (χ0n) is 13.0. The summed E-state index contributed by atoms with van der Waals surface area (Å²) in [6, 6.07) is 11.1. The predicted molar refractivity (Wildman–Crippen MR) is 92.8 cm³/mol. The Morgan fingerprint density at radius 2 is 1.73 bits per heavy atom. The van der Waals surface area contributed by atoms with Gasteiger partial charge in [0.2, 0.25) is 0 Å². The van der Waals surface area contributed by atoms with Gasteiger partial charge in [-0.1, -0.05) is 54.6 Å². The first-order valence-corrected chi connectivity index (χ1v) is 8.40. The molecule has 0 saturated carbocycles. The number of nitrogens with zero attached hydrogens (tertiary/aromatic N) is 1. The fraction of sp³-hybridized carbons (Fsp3) is 0.421. The van der Waals surface area contributed by atoms with Gasteiger partial charge in [0.25, 0.3) is 0 Å². The normalized spacial score (nSPS) is 25.2. The quantitative estimate of drug-likeness (QED) is 0.384. The molecule has 2 aliphatic carbocycles. The number of hydrogen-bond acceptors (Lipinski definition) is 2. The van der Waals surface area contributed by atoms with Crippen LogP contribution >= 0.6 is 0 Å². The van der Waals surface area contributed by atoms with Crippen LogP contribution in [0.25, 0.3) is 0 Å². The molecule has 3 heteroatoms. The summed E-state index contributed by atoms with van der Waals surface area (Å²) in [5, 5.41) is 0. The molecule has 1 aromatic carbocycles. The van der Waals surface area contributed by atoms with Gasteiger partial charge in [-0.25, -0.2) is 5.43 Å². The molecular weight excluding hydrogens is 270 g/mol. The molecule has 0 radical (unpaired) electrons. The minimum absolute atomic E-state index is 0.292. The van der Waals surface area contributed by atoms with E-state index in [0.29, 0.717) is 12.1 Å². The van der Waals surface area contributed by atoms with Gasteiger partial charge in [0.1, 0.15) is 5.84 Å². The van der Waals surface area contributed by atoms with Gasteiger partial charge in [-0.05, 0) is 38.5 Å². The highest BCUT2D eigenvalue weighted by Crippen LogP contribution is 2.15. The number of rotatable bonds is 4. The van der Waals surface area contributed by atoms with E-state index in [0.717, 1.165) is 17.8 Å². The molecule has 3 nitrogen and oxygen atoms in total. The van der Waals surface area contributed by atoms with Crippen LogP contribution in [0.15, 0.2) is 59.6 Å². The summed E-state index contributed by atoms with van der Waals surface area (Å²) in [7, 11) is 0. The number of allylic oxidation sites excluding steroid dienone is 2. The summed E-state index contributed by atoms with van der Waals surface area (Å²) in [5.41, 5.74) is 7.92. The van der Waals surface area contributed by atoms with E-state index in [-0.39, 0.29) is 0 Å². The molecule has 22 heavy (non-hydrogen) atoms. The van der Waals surface area contributed by atoms with Crippen LogP contribution in [0.2, 0.25) is 0 Å². The zero-order valence-corrected chi connectivity index (χ0v) is 13.0. The number of amidine groups is 1. The second-order valence-electron chi connectivity index (χ2n) is 6.01. The highest BCUT2D eigenvalue weighted by Gasteiger charge is 2.12. The fourth-order valence-corrected chi connectivity index (χ4v) is 2.94. The molecule has 2 N–H and O–H groups in total. The summed E-state index contributed by atoms with van der Waals surface area (Å²) >= 11 is 0. The molecule has 2 aliphatic rings. The lowest BCUT2D eigenvalue weighted by Crippen LogP contribution is -2.44. The van der Waals surface area contributed by atoms with E-state index < -0.39 is 0 Å². The summed E-state index contributed by atoms with van der Waals surface area (Å²) in [5.74, 6) is 0.941. The van der Waals surface area contributed by atoms with Crippen LogP contribution in [0.3, 0.4) is 0 Å². The Morgan fingerprint density at radius 1 is 0.955 bits per heavy atom. The van der Waals surface area contributed by atoms with Crippen molar-refractivity contribution in [1.29, 1.82) is 0 Å². The average Bonchev–Trinajstić information content (AvgIpc) is 2.61. The Hall–Kier alpha value is -1.87. The van der Waals surface area contributed by atoms with Gasteiger partial charge in [0.15, 0.2) is 0 Å². The van der Waals surface area contributed by atoms with Crippen LogP contribution in [0.4, 0.5) is 0 Å². The minimum Gasteiger partial charge on any atom is -0.305 e. The van der Waals surface area contributed by atoms with Gasteiger partial charge in [-0.3, -0.25) is 4.99 Å². The van der Waals surface area contributed by atoms with E-state index in [1.165, 1.54) is 32.1 Å². The molecule has 116 valence electrons. The summed E-state index contributed by atoms with van der Waals surface area (Å²) < 4.78 is 0. The van der Waals surface area contributed by atoms with E-state index in [4.69, 9.17) is 4.99 Å². The molecule has 0 amide bonds. The molecule has 0 aliphatic heterocycles. The molecule has 3 rings (SSSR count). The van der Waals surface area contributed by atoms with E-state index in [1.54, 1.807) is 0 Å². The van der Waals surface area contributed by atoms with Crippen molar-refractivity contribution < 1.29 is 0 Å². The van der Waals surface area contributed by atoms with Crippen molar-refractivity contribution in [2.45, 2.75) is 50.6 Å². The Labute approximate surface area is 133 Å². The number of benzene rings is 1. The molecule has 0 spiro atoms. The first-order chi connectivity index (χ1) is 10.9. The third-order valence-corrected chi connectivity index (χ3v) is 4.20. The van der Waals surface area contributed by atoms with E-state index in [9.17, 15) is 0 Å². The number of aliphatic imine (C=N–C) groups is 1. The van der Waals surface area contributed by atoms with Crippen LogP contribution in [-0.4, -0.2) is 17.9 Å². The van der Waals surface area contributed by atoms with Gasteiger partial charge in [-0.2, -0.15) is 0 Å². The summed E-state index contributed by atoms with van der Waals surface area (Å²) in [4.78, 5) is 4.92. The number of nitrogens with one attached hydrogen (secondary N) is 2. The third kappa shape index (κ3) is 4.31. The molecule has 0 bridgehead atoms. The highest BCUT2D eigenvalue weighted by molar-refractivity contribution is 5.98. The fourth-order valence-electron chi connectivity index (χ4n) is 2.94. The molecule has 0 heterocycles. The maximum absolute atomic E-state index is 4.92. The Balaban J connectivity index is 1.72. The number of hydrogen-bond donors (Lipinski definition) is 2. The van der Waals surface area contributed by atoms with Gasteiger partial charge in [0, 0.05) is 11.6 Å². The predicted octanol–water partition coefficient (Wildman–Crippen LogP) is 3.74. The van der Waals surface area contributed by atoms with Crippen molar-refractivity contribution in [3.63, 3.8) is 0 Å². The molecule has 1 aromatic rings. The maximum Gasteiger partial charge on any atom is 0.143 e.